The monoisotopic (exact) mass is 205 g/mol. The molecule has 0 amide bonds. The minimum atomic E-state index is -0.246. The van der Waals surface area contributed by atoms with Crippen molar-refractivity contribution in [1.82, 2.24) is 0 Å². The first-order chi connectivity index (χ1) is 7.27. The zero-order valence-corrected chi connectivity index (χ0v) is 9.04. The third-order valence-electron chi connectivity index (χ3n) is 2.52. The van der Waals surface area contributed by atoms with Crippen molar-refractivity contribution in [2.24, 2.45) is 0 Å². The van der Waals surface area contributed by atoms with E-state index in [0.29, 0.717) is 0 Å². The first-order valence-corrected chi connectivity index (χ1v) is 5.43. The molecular weight excluding hydrogens is 189 g/mol. The van der Waals surface area contributed by atoms with E-state index in [4.69, 9.17) is 5.26 Å². The highest BCUT2D eigenvalue weighted by atomic mass is 19.1. The molecule has 1 aromatic rings. The molecule has 15 heavy (non-hydrogen) atoms. The maximum Gasteiger partial charge on any atom is 0.123 e. The molecule has 0 heterocycles. The summed E-state index contributed by atoms with van der Waals surface area (Å²) in [6, 6.07) is 8.51. The van der Waals surface area contributed by atoms with E-state index in [1.807, 2.05) is 0 Å². The van der Waals surface area contributed by atoms with Crippen LogP contribution in [-0.2, 0) is 0 Å². The SMILES string of the molecule is CCCCC[C@H](C#N)c1ccc(F)cc1. The predicted octanol–water partition coefficient (Wildman–Crippen LogP) is 4.01. The van der Waals surface area contributed by atoms with Gasteiger partial charge in [-0.1, -0.05) is 38.3 Å². The van der Waals surface area contributed by atoms with Gasteiger partial charge in [-0.25, -0.2) is 4.39 Å². The summed E-state index contributed by atoms with van der Waals surface area (Å²) >= 11 is 0. The molecule has 0 aliphatic heterocycles. The van der Waals surface area contributed by atoms with Gasteiger partial charge in [0, 0.05) is 0 Å². The van der Waals surface area contributed by atoms with E-state index in [0.717, 1.165) is 31.2 Å². The van der Waals surface area contributed by atoms with E-state index in [-0.39, 0.29) is 11.7 Å². The first-order valence-electron chi connectivity index (χ1n) is 5.43. The average molecular weight is 205 g/mol. The van der Waals surface area contributed by atoms with Crippen molar-refractivity contribution in [3.05, 3.63) is 35.6 Å². The van der Waals surface area contributed by atoms with Crippen LogP contribution in [0.2, 0.25) is 0 Å². The van der Waals surface area contributed by atoms with E-state index in [2.05, 4.69) is 13.0 Å². The van der Waals surface area contributed by atoms with Gasteiger partial charge in [-0.15, -0.1) is 0 Å². The topological polar surface area (TPSA) is 23.8 Å². The smallest absolute Gasteiger partial charge is 0.123 e. The molecule has 0 N–H and O–H groups in total. The van der Waals surface area contributed by atoms with E-state index in [1.165, 1.54) is 12.1 Å². The Morgan fingerprint density at radius 1 is 1.27 bits per heavy atom. The lowest BCUT2D eigenvalue weighted by molar-refractivity contribution is 0.619. The quantitative estimate of drug-likeness (QED) is 0.666. The Kier molecular flexibility index (Phi) is 4.83. The lowest BCUT2D eigenvalue weighted by Gasteiger charge is -2.08. The largest absolute Gasteiger partial charge is 0.207 e. The molecule has 0 aliphatic carbocycles. The summed E-state index contributed by atoms with van der Waals surface area (Å²) in [5, 5.41) is 9.00. The number of nitrogens with zero attached hydrogens (tertiary/aromatic N) is 1. The Labute approximate surface area is 90.5 Å². The Balaban J connectivity index is 2.59. The third-order valence-corrected chi connectivity index (χ3v) is 2.52. The summed E-state index contributed by atoms with van der Waals surface area (Å²) in [6.07, 6.45) is 4.24. The molecule has 0 bridgehead atoms. The van der Waals surface area contributed by atoms with Gasteiger partial charge in [-0.3, -0.25) is 0 Å². The minimum absolute atomic E-state index is 0.0860. The number of unbranched alkanes of at least 4 members (excludes halogenated alkanes) is 2. The second kappa shape index (κ2) is 6.19. The minimum Gasteiger partial charge on any atom is -0.207 e. The molecule has 80 valence electrons. The average Bonchev–Trinajstić information content (AvgIpc) is 2.26. The van der Waals surface area contributed by atoms with Gasteiger partial charge in [0.2, 0.25) is 0 Å². The van der Waals surface area contributed by atoms with Crippen molar-refractivity contribution in [3.8, 4) is 6.07 Å². The molecule has 0 unspecified atom stereocenters. The molecule has 0 aliphatic rings. The molecule has 1 nitrogen and oxygen atoms in total. The van der Waals surface area contributed by atoms with E-state index >= 15 is 0 Å². The summed E-state index contributed by atoms with van der Waals surface area (Å²) in [5.74, 6) is -0.332. The molecule has 0 aromatic heterocycles. The highest BCUT2D eigenvalue weighted by Gasteiger charge is 2.09. The number of hydrogen-bond donors (Lipinski definition) is 0. The number of halogens is 1. The van der Waals surface area contributed by atoms with Crippen LogP contribution in [0.15, 0.2) is 24.3 Å². The number of nitriles is 1. The van der Waals surface area contributed by atoms with Gasteiger partial charge in [0.05, 0.1) is 12.0 Å². The maximum absolute atomic E-state index is 12.7. The van der Waals surface area contributed by atoms with E-state index < -0.39 is 0 Å². The standard InChI is InChI=1S/C13H16FN/c1-2-3-4-5-12(10-15)11-6-8-13(14)9-7-11/h6-9,12H,2-5H2,1H3/t12-/m1/s1. The Hall–Kier alpha value is -1.36. The zero-order valence-electron chi connectivity index (χ0n) is 9.04. The number of hydrogen-bond acceptors (Lipinski definition) is 1. The van der Waals surface area contributed by atoms with Gasteiger partial charge in [0.1, 0.15) is 5.82 Å². The van der Waals surface area contributed by atoms with Crippen LogP contribution in [0.3, 0.4) is 0 Å². The van der Waals surface area contributed by atoms with Crippen LogP contribution < -0.4 is 0 Å². The summed E-state index contributed by atoms with van der Waals surface area (Å²) in [4.78, 5) is 0. The van der Waals surface area contributed by atoms with Crippen LogP contribution in [0, 0.1) is 17.1 Å². The van der Waals surface area contributed by atoms with Gasteiger partial charge in [0.25, 0.3) is 0 Å². The second-order valence-corrected chi connectivity index (χ2v) is 3.73. The fourth-order valence-corrected chi connectivity index (χ4v) is 1.60. The van der Waals surface area contributed by atoms with Crippen molar-refractivity contribution in [2.45, 2.75) is 38.5 Å². The van der Waals surface area contributed by atoms with E-state index in [1.54, 1.807) is 12.1 Å². The second-order valence-electron chi connectivity index (χ2n) is 3.73. The molecule has 0 saturated heterocycles. The van der Waals surface area contributed by atoms with Gasteiger partial charge in [-0.2, -0.15) is 5.26 Å². The summed E-state index contributed by atoms with van der Waals surface area (Å²) in [7, 11) is 0. The number of rotatable bonds is 5. The molecule has 0 saturated carbocycles. The molecule has 1 aromatic carbocycles. The fourth-order valence-electron chi connectivity index (χ4n) is 1.60. The third kappa shape index (κ3) is 3.71. The molecule has 1 rings (SSSR count). The van der Waals surface area contributed by atoms with Crippen LogP contribution >= 0.6 is 0 Å². The maximum atomic E-state index is 12.7. The van der Waals surface area contributed by atoms with Crippen LogP contribution in [0.5, 0.6) is 0 Å². The highest BCUT2D eigenvalue weighted by molar-refractivity contribution is 5.25. The van der Waals surface area contributed by atoms with Crippen molar-refractivity contribution in [3.63, 3.8) is 0 Å². The van der Waals surface area contributed by atoms with Crippen LogP contribution in [0.25, 0.3) is 0 Å². The van der Waals surface area contributed by atoms with Crippen LogP contribution in [-0.4, -0.2) is 0 Å². The molecule has 2 heteroatoms. The van der Waals surface area contributed by atoms with Gasteiger partial charge < -0.3 is 0 Å². The fraction of sp³-hybridized carbons (Fsp3) is 0.462. The van der Waals surface area contributed by atoms with Gasteiger partial charge >= 0.3 is 0 Å². The normalized spacial score (nSPS) is 12.1. The van der Waals surface area contributed by atoms with Crippen LogP contribution in [0.4, 0.5) is 4.39 Å². The van der Waals surface area contributed by atoms with Crippen LogP contribution in [0.1, 0.15) is 44.1 Å². The Morgan fingerprint density at radius 2 is 1.93 bits per heavy atom. The van der Waals surface area contributed by atoms with Crippen molar-refractivity contribution < 1.29 is 4.39 Å². The lowest BCUT2D eigenvalue weighted by atomic mass is 9.95. The van der Waals surface area contributed by atoms with Crippen molar-refractivity contribution in [2.75, 3.05) is 0 Å². The van der Waals surface area contributed by atoms with Gasteiger partial charge in [0.15, 0.2) is 0 Å². The molecule has 0 fully saturated rings. The van der Waals surface area contributed by atoms with Gasteiger partial charge in [-0.05, 0) is 24.1 Å². The lowest BCUT2D eigenvalue weighted by Crippen LogP contribution is -1.95. The molecule has 0 radical (unpaired) electrons. The predicted molar refractivity (Wildman–Crippen MR) is 58.9 cm³/mol. The Morgan fingerprint density at radius 3 is 2.47 bits per heavy atom. The molecule has 1 atom stereocenters. The Bertz CT molecular complexity index is 323. The van der Waals surface area contributed by atoms with Crippen molar-refractivity contribution >= 4 is 0 Å². The zero-order chi connectivity index (χ0) is 11.1. The molecular formula is C13H16FN. The number of benzene rings is 1. The molecule has 0 spiro atoms. The van der Waals surface area contributed by atoms with E-state index in [9.17, 15) is 4.39 Å². The van der Waals surface area contributed by atoms with Crippen molar-refractivity contribution in [1.29, 1.82) is 5.26 Å². The summed E-state index contributed by atoms with van der Waals surface area (Å²) < 4.78 is 12.7. The summed E-state index contributed by atoms with van der Waals surface area (Å²) in [6.45, 7) is 2.14. The first kappa shape index (κ1) is 11.7. The summed E-state index contributed by atoms with van der Waals surface area (Å²) in [5.41, 5.74) is 0.926. The highest BCUT2D eigenvalue weighted by Crippen LogP contribution is 2.21.